The maximum Gasteiger partial charge on any atom is 0.0590 e. The van der Waals surface area contributed by atoms with Crippen molar-refractivity contribution in [2.75, 3.05) is 6.54 Å². The van der Waals surface area contributed by atoms with Crippen molar-refractivity contribution in [3.05, 3.63) is 49.3 Å². The SMILES string of the molecule is CCCNC(Cc1cncc(Br)c1)c1scc(C)c1Cl. The van der Waals surface area contributed by atoms with Crippen LogP contribution in [0.15, 0.2) is 28.3 Å². The van der Waals surface area contributed by atoms with Gasteiger partial charge in [0.2, 0.25) is 0 Å². The molecule has 2 aromatic heterocycles. The van der Waals surface area contributed by atoms with Crippen molar-refractivity contribution in [2.24, 2.45) is 0 Å². The molecular formula is C15H18BrClN2S. The second kappa shape index (κ2) is 7.55. The van der Waals surface area contributed by atoms with E-state index in [4.69, 9.17) is 11.6 Å². The van der Waals surface area contributed by atoms with Crippen molar-refractivity contribution in [1.82, 2.24) is 10.3 Å². The van der Waals surface area contributed by atoms with Gasteiger partial charge in [-0.1, -0.05) is 18.5 Å². The van der Waals surface area contributed by atoms with E-state index in [0.29, 0.717) is 0 Å². The highest BCUT2D eigenvalue weighted by atomic mass is 79.9. The zero-order chi connectivity index (χ0) is 14.5. The Morgan fingerprint density at radius 3 is 2.85 bits per heavy atom. The molecule has 1 atom stereocenters. The van der Waals surface area contributed by atoms with Crippen LogP contribution in [0.4, 0.5) is 0 Å². The average molecular weight is 374 g/mol. The molecule has 0 saturated carbocycles. The fourth-order valence-electron chi connectivity index (χ4n) is 2.06. The van der Waals surface area contributed by atoms with Gasteiger partial charge in [-0.15, -0.1) is 11.3 Å². The highest BCUT2D eigenvalue weighted by Crippen LogP contribution is 2.34. The minimum atomic E-state index is 0.247. The first-order valence-electron chi connectivity index (χ1n) is 6.68. The lowest BCUT2D eigenvalue weighted by Crippen LogP contribution is -2.23. The summed E-state index contributed by atoms with van der Waals surface area (Å²) in [5, 5.41) is 6.61. The molecular weight excluding hydrogens is 356 g/mol. The first-order chi connectivity index (χ1) is 9.61. The summed E-state index contributed by atoms with van der Waals surface area (Å²) in [6.07, 6.45) is 5.72. The predicted molar refractivity (Wildman–Crippen MR) is 90.7 cm³/mol. The predicted octanol–water partition coefficient (Wildman–Crippen LogP) is 5.15. The Morgan fingerprint density at radius 1 is 1.45 bits per heavy atom. The van der Waals surface area contributed by atoms with Gasteiger partial charge in [-0.3, -0.25) is 4.98 Å². The summed E-state index contributed by atoms with van der Waals surface area (Å²) in [6.45, 7) is 5.21. The average Bonchev–Trinajstić information content (AvgIpc) is 2.75. The van der Waals surface area contributed by atoms with Crippen LogP contribution in [0.5, 0.6) is 0 Å². The molecule has 20 heavy (non-hydrogen) atoms. The first kappa shape index (κ1) is 16.0. The number of nitrogens with one attached hydrogen (secondary N) is 1. The van der Waals surface area contributed by atoms with E-state index in [9.17, 15) is 0 Å². The molecule has 0 aliphatic heterocycles. The molecule has 5 heteroatoms. The molecule has 0 radical (unpaired) electrons. The molecule has 0 spiro atoms. The Balaban J connectivity index is 2.21. The van der Waals surface area contributed by atoms with Gasteiger partial charge < -0.3 is 5.32 Å². The van der Waals surface area contributed by atoms with Crippen molar-refractivity contribution < 1.29 is 0 Å². The van der Waals surface area contributed by atoms with Crippen LogP contribution in [0.2, 0.25) is 5.02 Å². The molecule has 0 aliphatic rings. The van der Waals surface area contributed by atoms with Crippen LogP contribution < -0.4 is 5.32 Å². The number of nitrogens with zero attached hydrogens (tertiary/aromatic N) is 1. The van der Waals surface area contributed by atoms with Gasteiger partial charge in [0, 0.05) is 27.8 Å². The Kier molecular flexibility index (Phi) is 6.02. The standard InChI is InChI=1S/C15H18BrClN2S/c1-3-4-19-13(15-14(17)10(2)9-20-15)6-11-5-12(16)8-18-7-11/h5,7-9,13,19H,3-4,6H2,1-2H3. The molecule has 0 saturated heterocycles. The van der Waals surface area contributed by atoms with Gasteiger partial charge in [0.05, 0.1) is 5.02 Å². The summed E-state index contributed by atoms with van der Waals surface area (Å²) in [5.74, 6) is 0. The van der Waals surface area contributed by atoms with Gasteiger partial charge >= 0.3 is 0 Å². The molecule has 2 nitrogen and oxygen atoms in total. The number of pyridine rings is 1. The largest absolute Gasteiger partial charge is 0.309 e. The van der Waals surface area contributed by atoms with Crippen molar-refractivity contribution in [3.8, 4) is 0 Å². The van der Waals surface area contributed by atoms with Crippen molar-refractivity contribution >= 4 is 38.9 Å². The Bertz CT molecular complexity index is 571. The van der Waals surface area contributed by atoms with Crippen LogP contribution >= 0.6 is 38.9 Å². The lowest BCUT2D eigenvalue weighted by molar-refractivity contribution is 0.536. The highest BCUT2D eigenvalue weighted by molar-refractivity contribution is 9.10. The zero-order valence-electron chi connectivity index (χ0n) is 11.6. The number of hydrogen-bond donors (Lipinski definition) is 1. The number of thiophene rings is 1. The van der Waals surface area contributed by atoms with Crippen LogP contribution in [0, 0.1) is 6.92 Å². The van der Waals surface area contributed by atoms with Crippen LogP contribution in [0.3, 0.4) is 0 Å². The lowest BCUT2D eigenvalue weighted by atomic mass is 10.1. The molecule has 0 amide bonds. The van der Waals surface area contributed by atoms with Gasteiger partial charge in [0.25, 0.3) is 0 Å². The van der Waals surface area contributed by atoms with E-state index in [1.165, 1.54) is 10.4 Å². The van der Waals surface area contributed by atoms with E-state index in [1.54, 1.807) is 17.5 Å². The van der Waals surface area contributed by atoms with Crippen LogP contribution in [0.1, 0.15) is 35.4 Å². The third kappa shape index (κ3) is 4.04. The van der Waals surface area contributed by atoms with Gasteiger partial charge in [0.15, 0.2) is 0 Å². The molecule has 0 aliphatic carbocycles. The van der Waals surface area contributed by atoms with Gasteiger partial charge in [-0.05, 0) is 64.8 Å². The number of halogens is 2. The molecule has 0 bridgehead atoms. The minimum absolute atomic E-state index is 0.247. The van der Waals surface area contributed by atoms with E-state index in [-0.39, 0.29) is 6.04 Å². The summed E-state index contributed by atoms with van der Waals surface area (Å²) in [5.41, 5.74) is 2.36. The maximum absolute atomic E-state index is 6.43. The van der Waals surface area contributed by atoms with Crippen molar-refractivity contribution in [3.63, 3.8) is 0 Å². The van der Waals surface area contributed by atoms with Gasteiger partial charge in [-0.2, -0.15) is 0 Å². The van der Waals surface area contributed by atoms with E-state index in [0.717, 1.165) is 34.4 Å². The summed E-state index contributed by atoms with van der Waals surface area (Å²) in [4.78, 5) is 5.45. The lowest BCUT2D eigenvalue weighted by Gasteiger charge is -2.18. The third-order valence-electron chi connectivity index (χ3n) is 3.08. The number of aromatic nitrogens is 1. The zero-order valence-corrected chi connectivity index (χ0v) is 14.8. The second-order valence-corrected chi connectivity index (χ2v) is 7.02. The summed E-state index contributed by atoms with van der Waals surface area (Å²) in [6, 6.07) is 2.36. The monoisotopic (exact) mass is 372 g/mol. The smallest absolute Gasteiger partial charge is 0.0590 e. The summed E-state index contributed by atoms with van der Waals surface area (Å²) < 4.78 is 1.01. The molecule has 1 unspecified atom stereocenters. The topological polar surface area (TPSA) is 24.9 Å². The van der Waals surface area contributed by atoms with Crippen LogP contribution in [0.25, 0.3) is 0 Å². The molecule has 2 aromatic rings. The first-order valence-corrected chi connectivity index (χ1v) is 8.73. The molecule has 2 heterocycles. The van der Waals surface area contributed by atoms with Crippen LogP contribution in [-0.2, 0) is 6.42 Å². The van der Waals surface area contributed by atoms with E-state index >= 15 is 0 Å². The maximum atomic E-state index is 6.43. The number of hydrogen-bond acceptors (Lipinski definition) is 3. The highest BCUT2D eigenvalue weighted by Gasteiger charge is 2.18. The summed E-state index contributed by atoms with van der Waals surface area (Å²) >= 11 is 11.6. The third-order valence-corrected chi connectivity index (χ3v) is 5.35. The van der Waals surface area contributed by atoms with E-state index in [2.05, 4.69) is 51.5 Å². The van der Waals surface area contributed by atoms with Crippen LogP contribution in [-0.4, -0.2) is 11.5 Å². The molecule has 0 fully saturated rings. The minimum Gasteiger partial charge on any atom is -0.309 e. The fourth-order valence-corrected chi connectivity index (χ4v) is 3.88. The van der Waals surface area contributed by atoms with Gasteiger partial charge in [-0.25, -0.2) is 0 Å². The number of rotatable bonds is 6. The Morgan fingerprint density at radius 2 is 2.25 bits per heavy atom. The molecule has 1 N–H and O–H groups in total. The quantitative estimate of drug-likeness (QED) is 0.757. The second-order valence-electron chi connectivity index (χ2n) is 4.82. The van der Waals surface area contributed by atoms with E-state index < -0.39 is 0 Å². The molecule has 0 aromatic carbocycles. The summed E-state index contributed by atoms with van der Waals surface area (Å²) in [7, 11) is 0. The fraction of sp³-hybridized carbons (Fsp3) is 0.400. The Hall–Kier alpha value is -0.420. The van der Waals surface area contributed by atoms with E-state index in [1.807, 2.05) is 6.20 Å². The molecule has 108 valence electrons. The van der Waals surface area contributed by atoms with Crippen molar-refractivity contribution in [2.45, 2.75) is 32.7 Å². The molecule has 2 rings (SSSR count). The Labute approximate surface area is 137 Å². The normalized spacial score (nSPS) is 12.6. The van der Waals surface area contributed by atoms with Crippen molar-refractivity contribution in [1.29, 1.82) is 0 Å². The van der Waals surface area contributed by atoms with Gasteiger partial charge in [0.1, 0.15) is 0 Å². The number of aryl methyl sites for hydroxylation is 1.